The molecule has 7 heteroatoms. The molecular weight excluding hydrogens is 671 g/mol. The van der Waals surface area contributed by atoms with Crippen molar-refractivity contribution in [2.75, 3.05) is 0 Å². The fourth-order valence-corrected chi connectivity index (χ4v) is 8.68. The zero-order chi connectivity index (χ0) is 34.9. The Balaban J connectivity index is 1.17. The predicted octanol–water partition coefficient (Wildman–Crippen LogP) is 12.1. The van der Waals surface area contributed by atoms with Crippen molar-refractivity contribution in [3.8, 4) is 51.3 Å². The first-order valence-electron chi connectivity index (χ1n) is 17.5. The van der Waals surface area contributed by atoms with Crippen molar-refractivity contribution in [1.29, 1.82) is 0 Å². The van der Waals surface area contributed by atoms with Crippen LogP contribution in [0.3, 0.4) is 0 Å². The number of fused-ring (bicyclic) bond motifs is 7. The van der Waals surface area contributed by atoms with Gasteiger partial charge in [-0.25, -0.2) is 19.9 Å². The summed E-state index contributed by atoms with van der Waals surface area (Å²) in [6.45, 7) is 0. The van der Waals surface area contributed by atoms with E-state index in [0.29, 0.717) is 23.4 Å². The molecule has 0 bridgehead atoms. The SMILES string of the molecule is c1ccc(-c2nc(-c3ccc4c5ccccc5n(-c5ccccc5)c4c3)nc(-c3cccc4sc5cccc(-c6nc7ccccc7o6)c5c34)n2)cc1. The molecule has 0 saturated heterocycles. The van der Waals surface area contributed by atoms with Crippen LogP contribution in [0.5, 0.6) is 0 Å². The summed E-state index contributed by atoms with van der Waals surface area (Å²) in [7, 11) is 0. The van der Waals surface area contributed by atoms with E-state index in [0.717, 1.165) is 70.2 Å². The van der Waals surface area contributed by atoms with Gasteiger partial charge in [0, 0.05) is 58.9 Å². The molecule has 0 N–H and O–H groups in total. The van der Waals surface area contributed by atoms with Crippen molar-refractivity contribution >= 4 is 64.4 Å². The highest BCUT2D eigenvalue weighted by molar-refractivity contribution is 7.26. The Hall–Kier alpha value is -6.96. The van der Waals surface area contributed by atoms with Gasteiger partial charge >= 0.3 is 0 Å². The molecule has 4 heterocycles. The second kappa shape index (κ2) is 11.8. The molecular formula is C46H27N5OS. The van der Waals surface area contributed by atoms with Gasteiger partial charge in [0.25, 0.3) is 0 Å². The van der Waals surface area contributed by atoms with E-state index in [1.807, 2.05) is 60.7 Å². The number of aromatic nitrogens is 5. The molecule has 0 radical (unpaired) electrons. The van der Waals surface area contributed by atoms with Crippen LogP contribution in [-0.4, -0.2) is 24.5 Å². The van der Waals surface area contributed by atoms with Crippen molar-refractivity contribution in [1.82, 2.24) is 24.5 Å². The third kappa shape index (κ3) is 4.79. The average molecular weight is 698 g/mol. The summed E-state index contributed by atoms with van der Waals surface area (Å²) in [6, 6.07) is 56.3. The van der Waals surface area contributed by atoms with E-state index < -0.39 is 0 Å². The molecule has 11 aromatic rings. The van der Waals surface area contributed by atoms with Gasteiger partial charge in [0.1, 0.15) is 5.52 Å². The van der Waals surface area contributed by atoms with E-state index in [-0.39, 0.29) is 0 Å². The summed E-state index contributed by atoms with van der Waals surface area (Å²) in [6.07, 6.45) is 0. The lowest BCUT2D eigenvalue weighted by Gasteiger charge is -2.11. The highest BCUT2D eigenvalue weighted by Crippen LogP contribution is 2.44. The third-order valence-electron chi connectivity index (χ3n) is 9.90. The molecule has 7 aromatic carbocycles. The number of thiophene rings is 1. The van der Waals surface area contributed by atoms with E-state index in [1.54, 1.807) is 11.3 Å². The topological polar surface area (TPSA) is 69.6 Å². The fraction of sp³-hybridized carbons (Fsp3) is 0. The lowest BCUT2D eigenvalue weighted by atomic mass is 10.0. The van der Waals surface area contributed by atoms with Crippen LogP contribution in [0.2, 0.25) is 0 Å². The van der Waals surface area contributed by atoms with Crippen LogP contribution in [-0.2, 0) is 0 Å². The van der Waals surface area contributed by atoms with Crippen LogP contribution in [0.1, 0.15) is 0 Å². The zero-order valence-electron chi connectivity index (χ0n) is 28.1. The largest absolute Gasteiger partial charge is 0.436 e. The molecule has 0 spiro atoms. The first-order chi connectivity index (χ1) is 26.3. The van der Waals surface area contributed by atoms with E-state index in [9.17, 15) is 0 Å². The van der Waals surface area contributed by atoms with Crippen molar-refractivity contribution in [2.45, 2.75) is 0 Å². The highest BCUT2D eigenvalue weighted by Gasteiger charge is 2.21. The number of hydrogen-bond acceptors (Lipinski definition) is 6. The summed E-state index contributed by atoms with van der Waals surface area (Å²) in [4.78, 5) is 20.5. The zero-order valence-corrected chi connectivity index (χ0v) is 29.0. The normalized spacial score (nSPS) is 11.8. The second-order valence-corrected chi connectivity index (χ2v) is 14.1. The summed E-state index contributed by atoms with van der Waals surface area (Å²) >= 11 is 1.75. The summed E-state index contributed by atoms with van der Waals surface area (Å²) < 4.78 is 10.9. The molecule has 11 rings (SSSR count). The molecule has 53 heavy (non-hydrogen) atoms. The van der Waals surface area contributed by atoms with Crippen molar-refractivity contribution in [3.05, 3.63) is 164 Å². The molecule has 0 aliphatic rings. The molecule has 4 aromatic heterocycles. The molecule has 0 aliphatic heterocycles. The van der Waals surface area contributed by atoms with Gasteiger partial charge in [-0.15, -0.1) is 11.3 Å². The van der Waals surface area contributed by atoms with Gasteiger partial charge in [0.2, 0.25) is 5.89 Å². The van der Waals surface area contributed by atoms with E-state index in [2.05, 4.69) is 108 Å². The van der Waals surface area contributed by atoms with Gasteiger partial charge in [0.05, 0.1) is 11.0 Å². The number of para-hydroxylation sites is 4. The van der Waals surface area contributed by atoms with Crippen LogP contribution in [0.25, 0.3) is 104 Å². The number of nitrogens with zero attached hydrogens (tertiary/aromatic N) is 5. The van der Waals surface area contributed by atoms with E-state index >= 15 is 0 Å². The number of hydrogen-bond donors (Lipinski definition) is 0. The Morgan fingerprint density at radius 1 is 0.453 bits per heavy atom. The van der Waals surface area contributed by atoms with Crippen LogP contribution in [0, 0.1) is 0 Å². The summed E-state index contributed by atoms with van der Waals surface area (Å²) in [5, 5.41) is 4.52. The minimum Gasteiger partial charge on any atom is -0.436 e. The Labute approximate surface area is 307 Å². The van der Waals surface area contributed by atoms with Gasteiger partial charge in [-0.05, 0) is 54.6 Å². The molecule has 0 fully saturated rings. The minimum atomic E-state index is 0.592. The smallest absolute Gasteiger partial charge is 0.227 e. The molecule has 0 aliphatic carbocycles. The standard InChI is InChI=1S/C46H27N5OS/c1-3-13-28(14-4-1)43-48-44(29-25-26-32-31-17-7-9-21-36(31)51(37(32)27-29)30-15-5-2-6-16-30)50-45(49-43)33-18-11-23-39-41(33)42-34(19-12-24-40(42)53-39)46-47-35-20-8-10-22-38(35)52-46/h1-27H. The minimum absolute atomic E-state index is 0.592. The maximum Gasteiger partial charge on any atom is 0.227 e. The van der Waals surface area contributed by atoms with Crippen LogP contribution in [0.4, 0.5) is 0 Å². The van der Waals surface area contributed by atoms with Gasteiger partial charge in [-0.1, -0.05) is 109 Å². The number of oxazole rings is 1. The average Bonchev–Trinajstić information content (AvgIpc) is 3.93. The molecule has 0 unspecified atom stereocenters. The highest BCUT2D eigenvalue weighted by atomic mass is 32.1. The Bertz CT molecular complexity index is 3150. The molecule has 6 nitrogen and oxygen atoms in total. The molecule has 0 saturated carbocycles. The maximum atomic E-state index is 6.33. The lowest BCUT2D eigenvalue weighted by molar-refractivity contribution is 0.620. The molecule has 0 amide bonds. The van der Waals surface area contributed by atoms with Crippen molar-refractivity contribution < 1.29 is 4.42 Å². The monoisotopic (exact) mass is 697 g/mol. The first-order valence-corrected chi connectivity index (χ1v) is 18.3. The van der Waals surface area contributed by atoms with Gasteiger partial charge in [-0.2, -0.15) is 0 Å². The van der Waals surface area contributed by atoms with Crippen LogP contribution < -0.4 is 0 Å². The summed E-state index contributed by atoms with van der Waals surface area (Å²) in [5.41, 5.74) is 8.63. The van der Waals surface area contributed by atoms with E-state index in [4.69, 9.17) is 24.4 Å². The van der Waals surface area contributed by atoms with Crippen molar-refractivity contribution in [3.63, 3.8) is 0 Å². The Kier molecular flexibility index (Phi) is 6.62. The van der Waals surface area contributed by atoms with E-state index in [1.165, 1.54) is 10.8 Å². The summed E-state index contributed by atoms with van der Waals surface area (Å²) in [5.74, 6) is 2.42. The Morgan fingerprint density at radius 2 is 1.09 bits per heavy atom. The molecule has 0 atom stereocenters. The van der Waals surface area contributed by atoms with Crippen LogP contribution >= 0.6 is 11.3 Å². The van der Waals surface area contributed by atoms with Gasteiger partial charge in [0.15, 0.2) is 23.1 Å². The van der Waals surface area contributed by atoms with Crippen molar-refractivity contribution in [2.24, 2.45) is 0 Å². The maximum absolute atomic E-state index is 6.33. The molecule has 248 valence electrons. The third-order valence-corrected chi connectivity index (χ3v) is 11.0. The fourth-order valence-electron chi connectivity index (χ4n) is 7.53. The van der Waals surface area contributed by atoms with Gasteiger partial charge in [-0.3, -0.25) is 0 Å². The van der Waals surface area contributed by atoms with Crippen LogP contribution in [0.15, 0.2) is 168 Å². The number of rotatable bonds is 5. The van der Waals surface area contributed by atoms with Gasteiger partial charge < -0.3 is 8.98 Å². The Morgan fingerprint density at radius 3 is 1.91 bits per heavy atom. The number of benzene rings is 7. The predicted molar refractivity (Wildman–Crippen MR) is 216 cm³/mol. The lowest BCUT2D eigenvalue weighted by Crippen LogP contribution is -2.01. The second-order valence-electron chi connectivity index (χ2n) is 13.0. The quantitative estimate of drug-likeness (QED) is 0.179. The first kappa shape index (κ1) is 29.7.